The van der Waals surface area contributed by atoms with E-state index in [0.29, 0.717) is 11.4 Å². The van der Waals surface area contributed by atoms with Gasteiger partial charge >= 0.3 is 13.4 Å². The minimum atomic E-state index is -3.82. The molecule has 1 unspecified atom stereocenters. The highest BCUT2D eigenvalue weighted by atomic mass is 31.2. The second-order valence-electron chi connectivity index (χ2n) is 9.82. The predicted octanol–water partition coefficient (Wildman–Crippen LogP) is 4.20. The van der Waals surface area contributed by atoms with Crippen LogP contribution < -0.4 is 17.1 Å². The third-order valence-electron chi connectivity index (χ3n) is 6.81. The second-order valence-corrected chi connectivity index (χ2v) is 11.8. The second kappa shape index (κ2) is 12.3. The molecule has 1 atom stereocenters. The lowest BCUT2D eigenvalue weighted by molar-refractivity contribution is 0.113. The summed E-state index contributed by atoms with van der Waals surface area (Å²) in [6, 6.07) is 7.61. The molecule has 0 spiro atoms. The summed E-state index contributed by atoms with van der Waals surface area (Å²) in [5, 5.41) is 0. The molecule has 3 heterocycles. The van der Waals surface area contributed by atoms with E-state index in [9.17, 15) is 14.2 Å². The maximum absolute atomic E-state index is 13.8. The zero-order valence-corrected chi connectivity index (χ0v) is 23.1. The number of aromatic amines is 1. The molecule has 1 aromatic carbocycles. The zero-order valence-electron chi connectivity index (χ0n) is 22.2. The fourth-order valence-corrected chi connectivity index (χ4v) is 5.93. The van der Waals surface area contributed by atoms with Crippen LogP contribution in [0.25, 0.3) is 11.2 Å². The Kier molecular flexibility index (Phi) is 8.65. The van der Waals surface area contributed by atoms with E-state index in [0.717, 1.165) is 43.2 Å². The first-order chi connectivity index (χ1) is 19.3. The molecular weight excluding hydrogens is 541 g/mol. The molecule has 5 rings (SSSR count). The lowest BCUT2D eigenvalue weighted by Gasteiger charge is -2.21. The molecule has 0 radical (unpaired) electrons. The van der Waals surface area contributed by atoms with Gasteiger partial charge in [0.1, 0.15) is 13.0 Å². The monoisotopic (exact) mass is 573 g/mol. The van der Waals surface area contributed by atoms with E-state index in [1.807, 2.05) is 31.2 Å². The Morgan fingerprint density at radius 3 is 2.62 bits per heavy atom. The van der Waals surface area contributed by atoms with Crippen molar-refractivity contribution >= 4 is 24.7 Å². The first kappa shape index (κ1) is 28.0. The quantitative estimate of drug-likeness (QED) is 0.183. The number of aromatic nitrogens is 4. The number of nitrogens with zero attached hydrogens (tertiary/aromatic N) is 3. The summed E-state index contributed by atoms with van der Waals surface area (Å²) in [5.74, 6) is -0.116. The van der Waals surface area contributed by atoms with E-state index in [2.05, 4.69) is 15.0 Å². The largest absolute Gasteiger partial charge is 0.519 e. The van der Waals surface area contributed by atoms with Gasteiger partial charge in [-0.15, -0.1) is 0 Å². The minimum Gasteiger partial charge on any atom is -0.395 e. The van der Waals surface area contributed by atoms with Gasteiger partial charge in [0.05, 0.1) is 19.5 Å². The Bertz CT molecular complexity index is 1600. The maximum Gasteiger partial charge on any atom is 0.519 e. The van der Waals surface area contributed by atoms with Gasteiger partial charge < -0.3 is 28.4 Å². The Hall–Kier alpha value is -3.51. The van der Waals surface area contributed by atoms with Crippen molar-refractivity contribution in [2.45, 2.75) is 64.7 Å². The topological polar surface area (TPSA) is 178 Å². The van der Waals surface area contributed by atoms with Crippen LogP contribution in [0.1, 0.15) is 60.7 Å². The van der Waals surface area contributed by atoms with Crippen molar-refractivity contribution in [2.75, 3.05) is 18.7 Å². The fraction of sp³-hybridized carbons (Fsp3) is 0.462. The average molecular weight is 574 g/mol. The van der Waals surface area contributed by atoms with Gasteiger partial charge in [-0.05, 0) is 25.3 Å². The van der Waals surface area contributed by atoms with Gasteiger partial charge in [-0.25, -0.2) is 9.78 Å². The van der Waals surface area contributed by atoms with E-state index in [-0.39, 0.29) is 55.9 Å². The molecule has 40 heavy (non-hydrogen) atoms. The molecule has 1 fully saturated rings. The van der Waals surface area contributed by atoms with Crippen LogP contribution in [0.15, 0.2) is 49.0 Å². The normalized spacial score (nSPS) is 15.9. The minimum absolute atomic E-state index is 0.0268. The molecule has 214 valence electrons. The van der Waals surface area contributed by atoms with Crippen molar-refractivity contribution in [2.24, 2.45) is 0 Å². The first-order valence-corrected chi connectivity index (χ1v) is 14.9. The Balaban J connectivity index is 1.26. The van der Waals surface area contributed by atoms with Crippen molar-refractivity contribution in [3.8, 4) is 0 Å². The fourth-order valence-electron chi connectivity index (χ4n) is 4.69. The highest BCUT2D eigenvalue weighted by Gasteiger charge is 2.30. The molecule has 14 heteroatoms. The Labute approximate surface area is 229 Å². The van der Waals surface area contributed by atoms with Crippen LogP contribution in [0.2, 0.25) is 0 Å². The highest BCUT2D eigenvalue weighted by molar-refractivity contribution is 7.53. The summed E-state index contributed by atoms with van der Waals surface area (Å²) < 4.78 is 43.2. The lowest BCUT2D eigenvalue weighted by atomic mass is 9.87. The van der Waals surface area contributed by atoms with E-state index in [4.69, 9.17) is 28.4 Å². The number of rotatable bonds is 12. The number of hydrogen-bond acceptors (Lipinski definition) is 11. The van der Waals surface area contributed by atoms with E-state index in [1.165, 1.54) is 6.33 Å². The number of imidazole rings is 1. The van der Waals surface area contributed by atoms with Gasteiger partial charge in [-0.1, -0.05) is 49.1 Å². The van der Waals surface area contributed by atoms with Crippen molar-refractivity contribution < 1.29 is 27.2 Å². The van der Waals surface area contributed by atoms with Crippen LogP contribution in [0.4, 0.5) is 5.95 Å². The highest BCUT2D eigenvalue weighted by Crippen LogP contribution is 2.50. The molecule has 1 saturated carbocycles. The summed E-state index contributed by atoms with van der Waals surface area (Å²) in [6.07, 6.45) is 6.07. The van der Waals surface area contributed by atoms with Crippen LogP contribution in [0, 0.1) is 6.92 Å². The van der Waals surface area contributed by atoms with Crippen molar-refractivity contribution in [3.05, 3.63) is 74.2 Å². The zero-order chi connectivity index (χ0) is 28.1. The van der Waals surface area contributed by atoms with Gasteiger partial charge in [0.15, 0.2) is 22.7 Å². The molecule has 1 aliphatic rings. The number of benzene rings is 1. The number of fused-ring (bicyclic) bond motifs is 1. The molecule has 0 aliphatic heterocycles. The van der Waals surface area contributed by atoms with Crippen LogP contribution in [-0.4, -0.2) is 32.5 Å². The van der Waals surface area contributed by atoms with Crippen LogP contribution in [0.3, 0.4) is 0 Å². The van der Waals surface area contributed by atoms with Gasteiger partial charge in [0.2, 0.25) is 5.95 Å². The number of nitrogens with one attached hydrogen (secondary N) is 1. The summed E-state index contributed by atoms with van der Waals surface area (Å²) in [7, 11) is -3.82. The summed E-state index contributed by atoms with van der Waals surface area (Å²) in [4.78, 5) is 34.5. The SMILES string of the molecule is Cc1ccc(COP(=O)(COCCn2cnc3c(=O)[nH]c(N)nc32)OCc2oc(=O)oc2C2CCCCC2)cc1. The lowest BCUT2D eigenvalue weighted by Crippen LogP contribution is -2.13. The standard InChI is InChI=1S/C26H32N5O8P/c1-17-7-9-18(10-8-17)13-36-40(34,37-14-20-22(39-26(33)38-20)19-5-3-2-4-6-19)16-35-12-11-31-15-28-21-23(31)29-25(27)30-24(21)32/h7-10,15,19H,2-6,11-14,16H2,1H3,(H3,27,29,30,32). The Morgan fingerprint density at radius 1 is 1.10 bits per heavy atom. The molecule has 3 N–H and O–H groups in total. The molecule has 3 aromatic heterocycles. The van der Waals surface area contributed by atoms with Crippen LogP contribution in [0.5, 0.6) is 0 Å². The average Bonchev–Trinajstić information content (AvgIpc) is 3.53. The van der Waals surface area contributed by atoms with Gasteiger partial charge in [-0.3, -0.25) is 18.9 Å². The number of nitrogens with two attached hydrogens (primary N) is 1. The Morgan fingerprint density at radius 2 is 1.85 bits per heavy atom. The third kappa shape index (κ3) is 6.79. The summed E-state index contributed by atoms with van der Waals surface area (Å²) >= 11 is 0. The van der Waals surface area contributed by atoms with Gasteiger partial charge in [-0.2, -0.15) is 4.98 Å². The van der Waals surface area contributed by atoms with Crippen molar-refractivity contribution in [1.29, 1.82) is 0 Å². The van der Waals surface area contributed by atoms with Crippen molar-refractivity contribution in [3.63, 3.8) is 0 Å². The molecule has 0 amide bonds. The molecule has 0 bridgehead atoms. The van der Waals surface area contributed by atoms with Crippen molar-refractivity contribution in [1.82, 2.24) is 19.5 Å². The first-order valence-electron chi connectivity index (χ1n) is 13.1. The number of anilines is 1. The van der Waals surface area contributed by atoms with Crippen LogP contribution >= 0.6 is 7.60 Å². The molecular formula is C26H32N5O8P. The summed E-state index contributed by atoms with van der Waals surface area (Å²) in [5.41, 5.74) is 7.57. The van der Waals surface area contributed by atoms with Gasteiger partial charge in [0.25, 0.3) is 5.56 Å². The molecule has 0 saturated heterocycles. The van der Waals surface area contributed by atoms with E-state index in [1.54, 1.807) is 4.57 Å². The maximum atomic E-state index is 13.8. The number of hydrogen-bond donors (Lipinski definition) is 2. The van der Waals surface area contributed by atoms with E-state index < -0.39 is 19.0 Å². The van der Waals surface area contributed by atoms with E-state index >= 15 is 0 Å². The predicted molar refractivity (Wildman–Crippen MR) is 145 cm³/mol. The third-order valence-corrected chi connectivity index (χ3v) is 8.35. The number of ether oxygens (including phenoxy) is 1. The molecule has 1 aliphatic carbocycles. The molecule has 4 aromatic rings. The number of H-pyrrole nitrogens is 1. The van der Waals surface area contributed by atoms with Crippen LogP contribution in [-0.2, 0) is 38.1 Å². The van der Waals surface area contributed by atoms with Gasteiger partial charge in [0, 0.05) is 12.5 Å². The smallest absolute Gasteiger partial charge is 0.395 e. The number of aryl methyl sites for hydroxylation is 1. The molecule has 13 nitrogen and oxygen atoms in total. The number of nitrogen functional groups attached to an aromatic ring is 1. The summed E-state index contributed by atoms with van der Waals surface area (Å²) in [6.45, 7) is 2.09.